The van der Waals surface area contributed by atoms with E-state index in [0.717, 1.165) is 18.5 Å². The molecule has 1 aliphatic heterocycles. The Kier molecular flexibility index (Phi) is 4.72. The third kappa shape index (κ3) is 3.59. The summed E-state index contributed by atoms with van der Waals surface area (Å²) in [5, 5.41) is 3.27. The van der Waals surface area contributed by atoms with Crippen LogP contribution in [0.3, 0.4) is 0 Å². The maximum absolute atomic E-state index is 12.5. The van der Waals surface area contributed by atoms with Gasteiger partial charge in [-0.2, -0.15) is 0 Å². The molecule has 1 aliphatic rings. The first-order chi connectivity index (χ1) is 11.2. The molecule has 2 aromatic carbocycles. The van der Waals surface area contributed by atoms with Gasteiger partial charge in [0.05, 0.1) is 18.2 Å². The van der Waals surface area contributed by atoms with Gasteiger partial charge in [-0.3, -0.25) is 4.79 Å². The molecule has 23 heavy (non-hydrogen) atoms. The lowest BCUT2D eigenvalue weighted by Crippen LogP contribution is -2.12. The van der Waals surface area contributed by atoms with Crippen LogP contribution >= 0.6 is 11.6 Å². The summed E-state index contributed by atoms with van der Waals surface area (Å²) in [6, 6.07) is 11.1. The number of aryl methyl sites for hydroxylation is 1. The second kappa shape index (κ2) is 6.92. The second-order valence-electron chi connectivity index (χ2n) is 5.34. The first-order valence-corrected chi connectivity index (χ1v) is 8.04. The number of carbonyl (C=O) groups excluding carboxylic acids is 1. The van der Waals surface area contributed by atoms with Gasteiger partial charge >= 0.3 is 0 Å². The highest BCUT2D eigenvalue weighted by atomic mass is 35.5. The van der Waals surface area contributed by atoms with Crippen molar-refractivity contribution in [3.8, 4) is 11.5 Å². The molecule has 1 N–H and O–H groups in total. The third-order valence-electron chi connectivity index (χ3n) is 3.66. The Balaban J connectivity index is 1.84. The molecule has 0 radical (unpaired) electrons. The van der Waals surface area contributed by atoms with Gasteiger partial charge in [0, 0.05) is 17.7 Å². The van der Waals surface area contributed by atoms with Crippen molar-refractivity contribution in [1.82, 2.24) is 0 Å². The Labute approximate surface area is 140 Å². The number of rotatable bonds is 3. The van der Waals surface area contributed by atoms with Crippen LogP contribution < -0.4 is 14.8 Å². The molecule has 1 amide bonds. The van der Waals surface area contributed by atoms with Gasteiger partial charge in [-0.1, -0.05) is 30.7 Å². The zero-order valence-electron chi connectivity index (χ0n) is 12.9. The van der Waals surface area contributed by atoms with E-state index in [-0.39, 0.29) is 5.91 Å². The smallest absolute Gasteiger partial charge is 0.255 e. The molecule has 0 spiro atoms. The molecule has 0 aromatic heterocycles. The standard InChI is InChI=1S/C18H18ClNO3/c1-2-12-5-3-6-14(9-12)20-18(21)13-10-15(19)17-16(11-13)22-7-4-8-23-17/h3,5-6,9-11H,2,4,7-8H2,1H3,(H,20,21). The lowest BCUT2D eigenvalue weighted by Gasteiger charge is -2.12. The van der Waals surface area contributed by atoms with Crippen LogP contribution in [0.25, 0.3) is 0 Å². The second-order valence-corrected chi connectivity index (χ2v) is 5.75. The number of fused-ring (bicyclic) bond motifs is 1. The van der Waals surface area contributed by atoms with E-state index in [1.165, 1.54) is 5.56 Å². The zero-order chi connectivity index (χ0) is 16.2. The van der Waals surface area contributed by atoms with E-state index in [0.29, 0.717) is 35.3 Å². The molecule has 0 fully saturated rings. The van der Waals surface area contributed by atoms with Gasteiger partial charge in [0.15, 0.2) is 11.5 Å². The van der Waals surface area contributed by atoms with Gasteiger partial charge in [-0.05, 0) is 36.2 Å². The number of hydrogen-bond donors (Lipinski definition) is 1. The third-order valence-corrected chi connectivity index (χ3v) is 3.94. The normalized spacial score (nSPS) is 13.3. The van der Waals surface area contributed by atoms with E-state index in [2.05, 4.69) is 12.2 Å². The fourth-order valence-corrected chi connectivity index (χ4v) is 2.70. The van der Waals surface area contributed by atoms with Crippen LogP contribution in [0.15, 0.2) is 36.4 Å². The number of amides is 1. The lowest BCUT2D eigenvalue weighted by atomic mass is 10.1. The molecular formula is C18H18ClNO3. The van der Waals surface area contributed by atoms with Gasteiger partial charge in [-0.15, -0.1) is 0 Å². The maximum atomic E-state index is 12.5. The number of hydrogen-bond acceptors (Lipinski definition) is 3. The first-order valence-electron chi connectivity index (χ1n) is 7.67. The molecule has 0 atom stereocenters. The number of benzene rings is 2. The van der Waals surface area contributed by atoms with Crippen LogP contribution in [-0.4, -0.2) is 19.1 Å². The van der Waals surface area contributed by atoms with Crippen molar-refractivity contribution < 1.29 is 14.3 Å². The topological polar surface area (TPSA) is 47.6 Å². The Morgan fingerprint density at radius 3 is 2.87 bits per heavy atom. The molecule has 1 heterocycles. The quantitative estimate of drug-likeness (QED) is 0.911. The lowest BCUT2D eigenvalue weighted by molar-refractivity contribution is 0.102. The van der Waals surface area contributed by atoms with Crippen molar-refractivity contribution in [1.29, 1.82) is 0 Å². The minimum atomic E-state index is -0.226. The SMILES string of the molecule is CCc1cccc(NC(=O)c2cc(Cl)c3c(c2)OCCCO3)c1. The summed E-state index contributed by atoms with van der Waals surface area (Å²) in [5.74, 6) is 0.798. The average Bonchev–Trinajstić information content (AvgIpc) is 2.80. The van der Waals surface area contributed by atoms with Crippen LogP contribution in [0.5, 0.6) is 11.5 Å². The molecule has 0 aliphatic carbocycles. The highest BCUT2D eigenvalue weighted by Crippen LogP contribution is 2.38. The molecule has 0 bridgehead atoms. The van der Waals surface area contributed by atoms with Crippen molar-refractivity contribution in [2.45, 2.75) is 19.8 Å². The summed E-state index contributed by atoms with van der Waals surface area (Å²) in [7, 11) is 0. The minimum absolute atomic E-state index is 0.226. The van der Waals surface area contributed by atoms with Crippen molar-refractivity contribution in [3.63, 3.8) is 0 Å². The van der Waals surface area contributed by atoms with Crippen molar-refractivity contribution >= 4 is 23.2 Å². The number of carbonyl (C=O) groups is 1. The van der Waals surface area contributed by atoms with Crippen LogP contribution in [0.1, 0.15) is 29.3 Å². The summed E-state index contributed by atoms with van der Waals surface area (Å²) in [5.41, 5.74) is 2.37. The van der Waals surface area contributed by atoms with Crippen LogP contribution in [0.4, 0.5) is 5.69 Å². The van der Waals surface area contributed by atoms with E-state index < -0.39 is 0 Å². The molecular weight excluding hydrogens is 314 g/mol. The van der Waals surface area contributed by atoms with Crippen molar-refractivity contribution in [3.05, 3.63) is 52.5 Å². The summed E-state index contributed by atoms with van der Waals surface area (Å²) >= 11 is 6.23. The molecule has 5 heteroatoms. The summed E-state index contributed by atoms with van der Waals surface area (Å²) < 4.78 is 11.2. The van der Waals surface area contributed by atoms with E-state index in [9.17, 15) is 4.79 Å². The Bertz CT molecular complexity index is 730. The Hall–Kier alpha value is -2.20. The molecule has 3 rings (SSSR count). The molecule has 0 saturated carbocycles. The molecule has 4 nitrogen and oxygen atoms in total. The largest absolute Gasteiger partial charge is 0.489 e. The summed E-state index contributed by atoms with van der Waals surface area (Å²) in [6.45, 7) is 3.18. The Morgan fingerprint density at radius 1 is 1.22 bits per heavy atom. The molecule has 120 valence electrons. The number of halogens is 1. The number of nitrogens with one attached hydrogen (secondary N) is 1. The number of anilines is 1. The zero-order valence-corrected chi connectivity index (χ0v) is 13.7. The van der Waals surface area contributed by atoms with Crippen molar-refractivity contribution in [2.24, 2.45) is 0 Å². The average molecular weight is 332 g/mol. The predicted octanol–water partition coefficient (Wildman–Crippen LogP) is 4.32. The number of ether oxygens (including phenoxy) is 2. The summed E-state index contributed by atoms with van der Waals surface area (Å²) in [4.78, 5) is 12.5. The van der Waals surface area contributed by atoms with Crippen LogP contribution in [-0.2, 0) is 6.42 Å². The van der Waals surface area contributed by atoms with Crippen molar-refractivity contribution in [2.75, 3.05) is 18.5 Å². The predicted molar refractivity (Wildman–Crippen MR) is 90.8 cm³/mol. The van der Waals surface area contributed by atoms with E-state index in [1.54, 1.807) is 12.1 Å². The summed E-state index contributed by atoms with van der Waals surface area (Å²) in [6.07, 6.45) is 1.70. The minimum Gasteiger partial charge on any atom is -0.489 e. The maximum Gasteiger partial charge on any atom is 0.255 e. The van der Waals surface area contributed by atoms with Gasteiger partial charge < -0.3 is 14.8 Å². The van der Waals surface area contributed by atoms with E-state index in [4.69, 9.17) is 21.1 Å². The van der Waals surface area contributed by atoms with Crippen LogP contribution in [0.2, 0.25) is 5.02 Å². The Morgan fingerprint density at radius 2 is 2.04 bits per heavy atom. The van der Waals surface area contributed by atoms with Crippen LogP contribution in [0, 0.1) is 0 Å². The first kappa shape index (κ1) is 15.7. The van der Waals surface area contributed by atoms with E-state index in [1.807, 2.05) is 24.3 Å². The highest BCUT2D eigenvalue weighted by Gasteiger charge is 2.18. The monoisotopic (exact) mass is 331 g/mol. The van der Waals surface area contributed by atoms with Gasteiger partial charge in [-0.25, -0.2) is 0 Å². The molecule has 0 saturated heterocycles. The van der Waals surface area contributed by atoms with Gasteiger partial charge in [0.1, 0.15) is 0 Å². The molecule has 2 aromatic rings. The van der Waals surface area contributed by atoms with Gasteiger partial charge in [0.25, 0.3) is 5.91 Å². The fourth-order valence-electron chi connectivity index (χ4n) is 2.43. The highest BCUT2D eigenvalue weighted by molar-refractivity contribution is 6.32. The fraction of sp³-hybridized carbons (Fsp3) is 0.278. The van der Waals surface area contributed by atoms with Gasteiger partial charge in [0.2, 0.25) is 0 Å². The molecule has 0 unspecified atom stereocenters. The van der Waals surface area contributed by atoms with E-state index >= 15 is 0 Å².